The van der Waals surface area contributed by atoms with Gasteiger partial charge in [0.15, 0.2) is 0 Å². The van der Waals surface area contributed by atoms with Gasteiger partial charge >= 0.3 is 0 Å². The van der Waals surface area contributed by atoms with E-state index < -0.39 is 10.8 Å². The molecule has 1 aromatic heterocycles. The molecule has 0 aliphatic carbocycles. The fourth-order valence-corrected chi connectivity index (χ4v) is 2.87. The van der Waals surface area contributed by atoms with Crippen LogP contribution in [0.4, 0.5) is 11.4 Å². The number of rotatable bonds is 6. The number of halogens is 2. The molecule has 0 atom stereocenters. The fourth-order valence-electron chi connectivity index (χ4n) is 2.01. The Balaban J connectivity index is 1.61. The van der Waals surface area contributed by atoms with Crippen LogP contribution in [0.15, 0.2) is 52.1 Å². The quantitative estimate of drug-likeness (QED) is 0.347. The van der Waals surface area contributed by atoms with Crippen molar-refractivity contribution in [2.45, 2.75) is 5.22 Å². The van der Waals surface area contributed by atoms with Gasteiger partial charge in [-0.3, -0.25) is 14.9 Å². The summed E-state index contributed by atoms with van der Waals surface area (Å²) in [5.41, 5.74) is 0.683. The molecule has 8 nitrogen and oxygen atoms in total. The molecule has 11 heteroatoms. The van der Waals surface area contributed by atoms with Gasteiger partial charge in [-0.05, 0) is 30.3 Å². The van der Waals surface area contributed by atoms with E-state index in [1.165, 1.54) is 18.2 Å². The maximum atomic E-state index is 12.1. The summed E-state index contributed by atoms with van der Waals surface area (Å²) in [4.78, 5) is 22.3. The van der Waals surface area contributed by atoms with Gasteiger partial charge < -0.3 is 9.73 Å². The molecule has 1 N–H and O–H groups in total. The minimum absolute atomic E-state index is 0.0404. The van der Waals surface area contributed by atoms with Crippen LogP contribution >= 0.6 is 35.0 Å². The summed E-state index contributed by atoms with van der Waals surface area (Å²) < 4.78 is 5.49. The number of hydrogen-bond acceptors (Lipinski definition) is 7. The first-order valence-corrected chi connectivity index (χ1v) is 9.12. The number of carbonyl (C=O) groups excluding carboxylic acids is 1. The Kier molecular flexibility index (Phi) is 5.94. The molecule has 0 spiro atoms. The van der Waals surface area contributed by atoms with Crippen molar-refractivity contribution in [3.63, 3.8) is 0 Å². The third-order valence-corrected chi connectivity index (χ3v) is 4.66. The minimum atomic E-state index is -0.572. The van der Waals surface area contributed by atoms with Crippen LogP contribution in [0.5, 0.6) is 0 Å². The summed E-state index contributed by atoms with van der Waals surface area (Å²) in [6, 6.07) is 10.7. The molecule has 2 aromatic carbocycles. The van der Waals surface area contributed by atoms with Crippen LogP contribution in [0.2, 0.25) is 10.0 Å². The number of amides is 1. The normalized spacial score (nSPS) is 10.6. The van der Waals surface area contributed by atoms with E-state index in [1.54, 1.807) is 24.3 Å². The Labute approximate surface area is 167 Å². The van der Waals surface area contributed by atoms with E-state index in [0.717, 1.165) is 11.8 Å². The van der Waals surface area contributed by atoms with Gasteiger partial charge in [-0.1, -0.05) is 35.0 Å². The van der Waals surface area contributed by atoms with Crippen LogP contribution in [0, 0.1) is 10.1 Å². The van der Waals surface area contributed by atoms with Crippen molar-refractivity contribution in [1.29, 1.82) is 0 Å². The molecule has 0 saturated heterocycles. The summed E-state index contributed by atoms with van der Waals surface area (Å²) in [5.74, 6) is -0.161. The molecule has 3 aromatic rings. The predicted molar refractivity (Wildman–Crippen MR) is 102 cm³/mol. The van der Waals surface area contributed by atoms with Gasteiger partial charge in [0, 0.05) is 22.7 Å². The first-order chi connectivity index (χ1) is 12.9. The average Bonchev–Trinajstić information content (AvgIpc) is 3.11. The Hall–Kier alpha value is -2.62. The highest BCUT2D eigenvalue weighted by Crippen LogP contribution is 2.28. The fraction of sp³-hybridized carbons (Fsp3) is 0.0625. The van der Waals surface area contributed by atoms with Gasteiger partial charge in [-0.15, -0.1) is 10.2 Å². The van der Waals surface area contributed by atoms with Crippen molar-refractivity contribution >= 4 is 52.2 Å². The standard InChI is InChI=1S/C16H10Cl2N4O4S/c17-10-3-1-9(2-4-10)15-20-21-16(26-15)27-8-14(23)19-13-7-11(22(24)25)5-6-12(13)18/h1-7H,8H2,(H,19,23). The predicted octanol–water partition coefficient (Wildman–Crippen LogP) is 4.68. The lowest BCUT2D eigenvalue weighted by Gasteiger charge is -2.06. The summed E-state index contributed by atoms with van der Waals surface area (Å²) >= 11 is 12.8. The monoisotopic (exact) mass is 424 g/mol. The van der Waals surface area contributed by atoms with Crippen molar-refractivity contribution < 1.29 is 14.1 Å². The molecule has 1 heterocycles. The second-order valence-corrected chi connectivity index (χ2v) is 6.91. The first kappa shape index (κ1) is 19.2. The van der Waals surface area contributed by atoms with E-state index in [4.69, 9.17) is 27.6 Å². The average molecular weight is 425 g/mol. The third-order valence-electron chi connectivity index (χ3n) is 3.26. The molecule has 1 amide bonds. The summed E-state index contributed by atoms with van der Waals surface area (Å²) in [6.07, 6.45) is 0. The molecule has 0 saturated carbocycles. The molecule has 0 aliphatic heterocycles. The molecule has 0 unspecified atom stereocenters. The number of anilines is 1. The zero-order valence-electron chi connectivity index (χ0n) is 13.4. The molecule has 0 bridgehead atoms. The lowest BCUT2D eigenvalue weighted by Crippen LogP contribution is -2.14. The molecule has 138 valence electrons. The number of nitrogens with zero attached hydrogens (tertiary/aromatic N) is 3. The van der Waals surface area contributed by atoms with Crippen LogP contribution in [0.1, 0.15) is 0 Å². The van der Waals surface area contributed by atoms with E-state index in [2.05, 4.69) is 15.5 Å². The second-order valence-electron chi connectivity index (χ2n) is 5.14. The third kappa shape index (κ3) is 4.97. The van der Waals surface area contributed by atoms with Crippen molar-refractivity contribution in [3.8, 4) is 11.5 Å². The molecule has 3 rings (SSSR count). The number of aromatic nitrogens is 2. The van der Waals surface area contributed by atoms with E-state index in [9.17, 15) is 14.9 Å². The van der Waals surface area contributed by atoms with Crippen LogP contribution in [-0.4, -0.2) is 26.8 Å². The first-order valence-electron chi connectivity index (χ1n) is 7.38. The van der Waals surface area contributed by atoms with Gasteiger partial charge in [0.1, 0.15) is 0 Å². The molecule has 0 fully saturated rings. The summed E-state index contributed by atoms with van der Waals surface area (Å²) in [7, 11) is 0. The number of hydrogen-bond donors (Lipinski definition) is 1. The number of benzene rings is 2. The van der Waals surface area contributed by atoms with Gasteiger partial charge in [-0.25, -0.2) is 0 Å². The number of nitro groups is 1. The van der Waals surface area contributed by atoms with E-state index in [0.29, 0.717) is 16.5 Å². The number of nitro benzene ring substituents is 1. The highest BCUT2D eigenvalue weighted by Gasteiger charge is 2.14. The maximum Gasteiger partial charge on any atom is 0.277 e. The zero-order valence-corrected chi connectivity index (χ0v) is 15.7. The van der Waals surface area contributed by atoms with E-state index in [-0.39, 0.29) is 27.4 Å². The van der Waals surface area contributed by atoms with Crippen molar-refractivity contribution in [3.05, 3.63) is 62.6 Å². The van der Waals surface area contributed by atoms with Gasteiger partial charge in [0.05, 0.1) is 21.4 Å². The van der Waals surface area contributed by atoms with Gasteiger partial charge in [0.2, 0.25) is 11.8 Å². The van der Waals surface area contributed by atoms with E-state index in [1.807, 2.05) is 0 Å². The summed E-state index contributed by atoms with van der Waals surface area (Å²) in [6.45, 7) is 0. The highest BCUT2D eigenvalue weighted by molar-refractivity contribution is 7.99. The van der Waals surface area contributed by atoms with Crippen LogP contribution in [-0.2, 0) is 4.79 Å². The number of nitrogens with one attached hydrogen (secondary N) is 1. The zero-order chi connectivity index (χ0) is 19.4. The van der Waals surface area contributed by atoms with E-state index >= 15 is 0 Å². The lowest BCUT2D eigenvalue weighted by atomic mass is 10.2. The Bertz CT molecular complexity index is 994. The molecule has 0 aliphatic rings. The van der Waals surface area contributed by atoms with Crippen LogP contribution < -0.4 is 5.32 Å². The topological polar surface area (TPSA) is 111 Å². The van der Waals surface area contributed by atoms with Gasteiger partial charge in [-0.2, -0.15) is 0 Å². The number of carbonyl (C=O) groups is 1. The highest BCUT2D eigenvalue weighted by atomic mass is 35.5. The molecule has 0 radical (unpaired) electrons. The minimum Gasteiger partial charge on any atom is -0.411 e. The summed E-state index contributed by atoms with van der Waals surface area (Å²) in [5, 5.41) is 22.1. The molecule has 27 heavy (non-hydrogen) atoms. The van der Waals surface area contributed by atoms with Gasteiger partial charge in [0.25, 0.3) is 10.9 Å². The maximum absolute atomic E-state index is 12.1. The Morgan fingerprint density at radius 2 is 1.93 bits per heavy atom. The van der Waals surface area contributed by atoms with Crippen molar-refractivity contribution in [1.82, 2.24) is 10.2 Å². The Morgan fingerprint density at radius 1 is 1.19 bits per heavy atom. The van der Waals surface area contributed by atoms with Crippen molar-refractivity contribution in [2.24, 2.45) is 0 Å². The lowest BCUT2D eigenvalue weighted by molar-refractivity contribution is -0.384. The number of non-ortho nitro benzene ring substituents is 1. The van der Waals surface area contributed by atoms with Crippen molar-refractivity contribution in [2.75, 3.05) is 11.1 Å². The largest absolute Gasteiger partial charge is 0.411 e. The number of thioether (sulfide) groups is 1. The molecular weight excluding hydrogens is 415 g/mol. The smallest absolute Gasteiger partial charge is 0.277 e. The second kappa shape index (κ2) is 8.38. The SMILES string of the molecule is O=C(CSc1nnc(-c2ccc(Cl)cc2)o1)Nc1cc([N+](=O)[O-])ccc1Cl. The van der Waals surface area contributed by atoms with Crippen LogP contribution in [0.25, 0.3) is 11.5 Å². The van der Waals surface area contributed by atoms with Crippen LogP contribution in [0.3, 0.4) is 0 Å². The molecular formula is C16H10Cl2N4O4S. The Morgan fingerprint density at radius 3 is 2.63 bits per heavy atom.